The molecule has 18 heavy (non-hydrogen) atoms. The highest BCUT2D eigenvalue weighted by Crippen LogP contribution is 2.35. The van der Waals surface area contributed by atoms with Gasteiger partial charge in [-0.25, -0.2) is 4.98 Å². The second-order valence-corrected chi connectivity index (χ2v) is 4.88. The highest BCUT2D eigenvalue weighted by molar-refractivity contribution is 9.10. The van der Waals surface area contributed by atoms with Gasteiger partial charge in [0, 0.05) is 16.2 Å². The van der Waals surface area contributed by atoms with Crippen LogP contribution in [0.2, 0.25) is 0 Å². The Balaban J connectivity index is 2.54. The fourth-order valence-electron chi connectivity index (χ4n) is 1.87. The van der Waals surface area contributed by atoms with E-state index in [2.05, 4.69) is 20.9 Å². The van der Waals surface area contributed by atoms with Gasteiger partial charge in [0.25, 0.3) is 0 Å². The van der Waals surface area contributed by atoms with Gasteiger partial charge in [0.2, 0.25) is 11.7 Å². The fraction of sp³-hybridized carbons (Fsp3) is 0.400. The van der Waals surface area contributed by atoms with Crippen molar-refractivity contribution in [2.75, 3.05) is 11.4 Å². The molecule has 1 aromatic heterocycles. The van der Waals surface area contributed by atoms with E-state index in [9.17, 15) is 20.0 Å². The number of aromatic nitrogens is 1. The molecule has 0 saturated carbocycles. The van der Waals surface area contributed by atoms with E-state index in [1.54, 1.807) is 6.92 Å². The SMILES string of the molecule is Cc1c(Br)cnc(N2CC(O)CC2=O)c1[N+](=O)[O-]. The Morgan fingerprint density at radius 2 is 2.33 bits per heavy atom. The summed E-state index contributed by atoms with van der Waals surface area (Å²) in [6, 6.07) is 0. The number of β-amino-alcohol motifs (C(OH)–C–C–N with tert-alkyl or cyclic N) is 1. The molecule has 7 nitrogen and oxygen atoms in total. The summed E-state index contributed by atoms with van der Waals surface area (Å²) >= 11 is 3.16. The monoisotopic (exact) mass is 315 g/mol. The maximum absolute atomic E-state index is 11.6. The van der Waals surface area contributed by atoms with Crippen LogP contribution in [0.25, 0.3) is 0 Å². The first-order chi connectivity index (χ1) is 8.41. The Morgan fingerprint density at radius 1 is 1.67 bits per heavy atom. The van der Waals surface area contributed by atoms with Gasteiger partial charge in [-0.05, 0) is 22.9 Å². The highest BCUT2D eigenvalue weighted by atomic mass is 79.9. The van der Waals surface area contributed by atoms with Crippen LogP contribution in [0.5, 0.6) is 0 Å². The third-order valence-corrected chi connectivity index (χ3v) is 3.57. The topological polar surface area (TPSA) is 96.6 Å². The van der Waals surface area contributed by atoms with Gasteiger partial charge in [-0.1, -0.05) is 0 Å². The quantitative estimate of drug-likeness (QED) is 0.652. The molecule has 1 atom stereocenters. The van der Waals surface area contributed by atoms with Crippen LogP contribution in [0.15, 0.2) is 10.7 Å². The lowest BCUT2D eigenvalue weighted by Gasteiger charge is -2.15. The van der Waals surface area contributed by atoms with Crippen LogP contribution in [-0.4, -0.2) is 33.6 Å². The van der Waals surface area contributed by atoms with Crippen molar-refractivity contribution in [3.05, 3.63) is 26.3 Å². The van der Waals surface area contributed by atoms with Crippen LogP contribution in [0.3, 0.4) is 0 Å². The lowest BCUT2D eigenvalue weighted by atomic mass is 10.2. The maximum atomic E-state index is 11.6. The summed E-state index contributed by atoms with van der Waals surface area (Å²) in [5, 5.41) is 20.5. The smallest absolute Gasteiger partial charge is 0.316 e. The average molecular weight is 316 g/mol. The van der Waals surface area contributed by atoms with E-state index in [0.717, 1.165) is 4.90 Å². The predicted molar refractivity (Wildman–Crippen MR) is 66.3 cm³/mol. The van der Waals surface area contributed by atoms with Gasteiger partial charge in [0.05, 0.1) is 24.0 Å². The molecule has 8 heteroatoms. The summed E-state index contributed by atoms with van der Waals surface area (Å²) in [4.78, 5) is 27.3. The average Bonchev–Trinajstić information content (AvgIpc) is 2.61. The zero-order chi connectivity index (χ0) is 13.4. The summed E-state index contributed by atoms with van der Waals surface area (Å²) in [6.45, 7) is 1.61. The summed E-state index contributed by atoms with van der Waals surface area (Å²) < 4.78 is 0.505. The van der Waals surface area contributed by atoms with E-state index in [0.29, 0.717) is 10.0 Å². The van der Waals surface area contributed by atoms with E-state index in [4.69, 9.17) is 0 Å². The molecule has 0 aliphatic carbocycles. The Hall–Kier alpha value is -1.54. The van der Waals surface area contributed by atoms with E-state index in [-0.39, 0.29) is 30.4 Å². The minimum absolute atomic E-state index is 0.0118. The lowest BCUT2D eigenvalue weighted by Crippen LogP contribution is -2.27. The van der Waals surface area contributed by atoms with Gasteiger partial charge in [-0.3, -0.25) is 19.8 Å². The minimum Gasteiger partial charge on any atom is -0.391 e. The number of aliphatic hydroxyl groups excluding tert-OH is 1. The lowest BCUT2D eigenvalue weighted by molar-refractivity contribution is -0.384. The number of aliphatic hydroxyl groups is 1. The zero-order valence-corrected chi connectivity index (χ0v) is 11.0. The molecule has 1 amide bonds. The van der Waals surface area contributed by atoms with Crippen LogP contribution in [0.4, 0.5) is 11.5 Å². The number of nitro groups is 1. The molecular formula is C10H10BrN3O4. The van der Waals surface area contributed by atoms with Crippen molar-refractivity contribution in [1.29, 1.82) is 0 Å². The predicted octanol–water partition coefficient (Wildman–Crippen LogP) is 1.16. The van der Waals surface area contributed by atoms with Crippen molar-refractivity contribution < 1.29 is 14.8 Å². The number of amides is 1. The normalized spacial score (nSPS) is 19.4. The molecule has 1 fully saturated rings. The van der Waals surface area contributed by atoms with Crippen LogP contribution in [-0.2, 0) is 4.79 Å². The molecule has 1 saturated heterocycles. The molecule has 0 aromatic carbocycles. The van der Waals surface area contributed by atoms with Crippen molar-refractivity contribution in [1.82, 2.24) is 4.98 Å². The molecular weight excluding hydrogens is 306 g/mol. The number of nitrogens with zero attached hydrogens (tertiary/aromatic N) is 3. The van der Waals surface area contributed by atoms with Gasteiger partial charge >= 0.3 is 5.69 Å². The third-order valence-electron chi connectivity index (χ3n) is 2.77. The van der Waals surface area contributed by atoms with Crippen LogP contribution >= 0.6 is 15.9 Å². The molecule has 1 aliphatic heterocycles. The fourth-order valence-corrected chi connectivity index (χ4v) is 2.16. The molecule has 0 spiro atoms. The molecule has 1 N–H and O–H groups in total. The van der Waals surface area contributed by atoms with Crippen molar-refractivity contribution in [3.63, 3.8) is 0 Å². The Morgan fingerprint density at radius 3 is 2.83 bits per heavy atom. The number of rotatable bonds is 2. The third kappa shape index (κ3) is 2.08. The number of hydrogen-bond donors (Lipinski definition) is 1. The molecule has 0 bridgehead atoms. The molecule has 96 valence electrons. The number of hydrogen-bond acceptors (Lipinski definition) is 5. The number of carbonyl (C=O) groups is 1. The molecule has 1 aliphatic rings. The van der Waals surface area contributed by atoms with Gasteiger partial charge in [0.1, 0.15) is 0 Å². The van der Waals surface area contributed by atoms with Gasteiger partial charge < -0.3 is 5.11 Å². The minimum atomic E-state index is -0.803. The first kappa shape index (κ1) is 12.9. The van der Waals surface area contributed by atoms with Crippen LogP contribution in [0, 0.1) is 17.0 Å². The largest absolute Gasteiger partial charge is 0.391 e. The summed E-state index contributed by atoms with van der Waals surface area (Å²) in [7, 11) is 0. The summed E-state index contributed by atoms with van der Waals surface area (Å²) in [5.41, 5.74) is 0.186. The highest BCUT2D eigenvalue weighted by Gasteiger charge is 2.35. The Kier molecular flexibility index (Phi) is 3.31. The molecule has 2 rings (SSSR count). The zero-order valence-electron chi connectivity index (χ0n) is 9.46. The summed E-state index contributed by atoms with van der Waals surface area (Å²) in [5.74, 6) is -0.373. The standard InChI is InChI=1S/C10H10BrN3O4/c1-5-7(11)3-12-10(9(5)14(17)18)13-4-6(15)2-8(13)16/h3,6,15H,2,4H2,1H3. The number of pyridine rings is 1. The summed E-state index contributed by atoms with van der Waals surface area (Å²) in [6.07, 6.45) is 0.576. The second-order valence-electron chi connectivity index (χ2n) is 4.02. The van der Waals surface area contributed by atoms with Crippen LogP contribution < -0.4 is 4.90 Å². The van der Waals surface area contributed by atoms with Gasteiger partial charge in [-0.2, -0.15) is 0 Å². The Labute approximate surface area is 111 Å². The van der Waals surface area contributed by atoms with E-state index in [1.807, 2.05) is 0 Å². The first-order valence-corrected chi connectivity index (χ1v) is 5.99. The maximum Gasteiger partial charge on any atom is 0.316 e. The van der Waals surface area contributed by atoms with E-state index in [1.165, 1.54) is 6.20 Å². The van der Waals surface area contributed by atoms with Crippen molar-refractivity contribution in [2.45, 2.75) is 19.4 Å². The second kappa shape index (κ2) is 4.62. The van der Waals surface area contributed by atoms with Crippen molar-refractivity contribution in [2.24, 2.45) is 0 Å². The number of anilines is 1. The van der Waals surface area contributed by atoms with Crippen molar-refractivity contribution >= 4 is 33.3 Å². The molecule has 1 aromatic rings. The Bertz CT molecular complexity index is 534. The molecule has 0 radical (unpaired) electrons. The van der Waals surface area contributed by atoms with Crippen molar-refractivity contribution in [3.8, 4) is 0 Å². The van der Waals surface area contributed by atoms with E-state index >= 15 is 0 Å². The molecule has 2 heterocycles. The van der Waals surface area contributed by atoms with Crippen LogP contribution in [0.1, 0.15) is 12.0 Å². The number of carbonyl (C=O) groups excluding carboxylic acids is 1. The molecule has 1 unspecified atom stereocenters. The van der Waals surface area contributed by atoms with Gasteiger partial charge in [-0.15, -0.1) is 0 Å². The van der Waals surface area contributed by atoms with Gasteiger partial charge in [0.15, 0.2) is 0 Å². The first-order valence-electron chi connectivity index (χ1n) is 5.19. The number of halogens is 1. The van der Waals surface area contributed by atoms with E-state index < -0.39 is 11.0 Å².